The molecule has 0 radical (unpaired) electrons. The summed E-state index contributed by atoms with van der Waals surface area (Å²) in [5.74, 6) is -1.79. The number of halogens is 3. The van der Waals surface area contributed by atoms with Crippen LogP contribution in [0.25, 0.3) is 5.70 Å². The predicted molar refractivity (Wildman–Crippen MR) is 89.4 cm³/mol. The number of carbonyl (C=O) groups is 1. The lowest BCUT2D eigenvalue weighted by Crippen LogP contribution is -2.23. The molecule has 1 aliphatic rings. The van der Waals surface area contributed by atoms with Gasteiger partial charge in [0.2, 0.25) is 0 Å². The summed E-state index contributed by atoms with van der Waals surface area (Å²) >= 11 is 5.94. The molecule has 1 atom stereocenters. The molecule has 0 N–H and O–H groups in total. The molecule has 2 aromatic rings. The highest BCUT2D eigenvalue weighted by atomic mass is 35.5. The molecule has 0 saturated heterocycles. The standard InChI is InChI=1S/C18H11ClF2N2O2/c1-9(8-22)25-17-7-16(15(21)6-14(17)19)23-10(2)13-5-11(20)3-4-12(13)18(23)24/h3-7,9H,2H2,1H3. The molecule has 0 aromatic heterocycles. The molecule has 1 unspecified atom stereocenters. The number of amides is 1. The number of nitriles is 1. The van der Waals surface area contributed by atoms with Gasteiger partial charge < -0.3 is 4.74 Å². The van der Waals surface area contributed by atoms with Crippen LogP contribution in [0.15, 0.2) is 36.9 Å². The van der Waals surface area contributed by atoms with E-state index in [1.807, 2.05) is 6.07 Å². The van der Waals surface area contributed by atoms with Crippen molar-refractivity contribution in [3.8, 4) is 11.8 Å². The van der Waals surface area contributed by atoms with Crippen LogP contribution in [0.4, 0.5) is 14.5 Å². The van der Waals surface area contributed by atoms with E-state index in [1.165, 1.54) is 25.1 Å². The van der Waals surface area contributed by atoms with Gasteiger partial charge >= 0.3 is 0 Å². The monoisotopic (exact) mass is 360 g/mol. The van der Waals surface area contributed by atoms with Gasteiger partial charge in [-0.25, -0.2) is 8.78 Å². The third-order valence-corrected chi connectivity index (χ3v) is 4.02. The molecule has 2 aromatic carbocycles. The van der Waals surface area contributed by atoms with Crippen LogP contribution in [0, 0.1) is 23.0 Å². The van der Waals surface area contributed by atoms with Gasteiger partial charge in [0.25, 0.3) is 5.91 Å². The normalized spacial score (nSPS) is 14.3. The Labute approximate surface area is 147 Å². The van der Waals surface area contributed by atoms with Crippen LogP contribution in [-0.2, 0) is 0 Å². The highest BCUT2D eigenvalue weighted by Gasteiger charge is 2.34. The fourth-order valence-corrected chi connectivity index (χ4v) is 2.75. The number of rotatable bonds is 3. The van der Waals surface area contributed by atoms with E-state index < -0.39 is 23.6 Å². The molecule has 0 spiro atoms. The summed E-state index contributed by atoms with van der Waals surface area (Å²) in [7, 11) is 0. The number of fused-ring (bicyclic) bond motifs is 1. The number of anilines is 1. The molecule has 1 aliphatic heterocycles. The molecular weight excluding hydrogens is 350 g/mol. The third-order valence-electron chi connectivity index (χ3n) is 3.72. The van der Waals surface area contributed by atoms with E-state index in [1.54, 1.807) is 0 Å². The van der Waals surface area contributed by atoms with Crippen molar-refractivity contribution in [1.29, 1.82) is 5.26 Å². The van der Waals surface area contributed by atoms with Gasteiger partial charge in [0.05, 0.1) is 16.4 Å². The van der Waals surface area contributed by atoms with E-state index in [0.717, 1.165) is 17.0 Å². The quantitative estimate of drug-likeness (QED) is 0.807. The van der Waals surface area contributed by atoms with Crippen molar-refractivity contribution in [2.45, 2.75) is 13.0 Å². The fourth-order valence-electron chi connectivity index (χ4n) is 2.56. The maximum absolute atomic E-state index is 14.4. The van der Waals surface area contributed by atoms with Crippen LogP contribution in [0.1, 0.15) is 22.8 Å². The first kappa shape index (κ1) is 16.9. The van der Waals surface area contributed by atoms with Crippen molar-refractivity contribution < 1.29 is 18.3 Å². The van der Waals surface area contributed by atoms with Gasteiger partial charge in [0, 0.05) is 17.2 Å². The molecule has 0 saturated carbocycles. The minimum absolute atomic E-state index is 0.0378. The smallest absolute Gasteiger partial charge is 0.263 e. The summed E-state index contributed by atoms with van der Waals surface area (Å²) in [6.45, 7) is 5.26. The zero-order chi connectivity index (χ0) is 18.3. The van der Waals surface area contributed by atoms with Gasteiger partial charge in [-0.2, -0.15) is 5.26 Å². The molecular formula is C18H11ClF2N2O2. The zero-order valence-electron chi connectivity index (χ0n) is 13.0. The second kappa shape index (κ2) is 6.19. The zero-order valence-corrected chi connectivity index (χ0v) is 13.8. The molecule has 126 valence electrons. The number of ether oxygens (including phenoxy) is 1. The summed E-state index contributed by atoms with van der Waals surface area (Å²) in [6, 6.07) is 7.71. The minimum atomic E-state index is -0.820. The molecule has 0 fully saturated rings. The van der Waals surface area contributed by atoms with Crippen molar-refractivity contribution in [2.75, 3.05) is 4.90 Å². The Hall–Kier alpha value is -2.91. The van der Waals surface area contributed by atoms with Gasteiger partial charge in [-0.3, -0.25) is 9.69 Å². The first-order chi connectivity index (χ1) is 11.8. The number of benzene rings is 2. The molecule has 3 rings (SSSR count). The second-order valence-electron chi connectivity index (χ2n) is 5.40. The lowest BCUT2D eigenvalue weighted by Gasteiger charge is -2.20. The topological polar surface area (TPSA) is 53.3 Å². The first-order valence-corrected chi connectivity index (χ1v) is 7.60. The van der Waals surface area contributed by atoms with E-state index in [4.69, 9.17) is 21.6 Å². The van der Waals surface area contributed by atoms with Crippen LogP contribution >= 0.6 is 11.6 Å². The summed E-state index contributed by atoms with van der Waals surface area (Å²) in [5, 5.41) is 8.81. The van der Waals surface area contributed by atoms with Gasteiger partial charge in [-0.05, 0) is 31.2 Å². The van der Waals surface area contributed by atoms with Gasteiger partial charge in [-0.15, -0.1) is 0 Å². The lowest BCUT2D eigenvalue weighted by molar-refractivity contribution is 0.100. The van der Waals surface area contributed by atoms with Crippen molar-refractivity contribution in [2.24, 2.45) is 0 Å². The highest BCUT2D eigenvalue weighted by Crippen LogP contribution is 2.40. The Kier molecular flexibility index (Phi) is 4.19. The molecule has 7 heteroatoms. The Bertz CT molecular complexity index is 953. The molecule has 0 bridgehead atoms. The van der Waals surface area contributed by atoms with Crippen LogP contribution < -0.4 is 9.64 Å². The van der Waals surface area contributed by atoms with E-state index in [-0.39, 0.29) is 33.3 Å². The van der Waals surface area contributed by atoms with Crippen LogP contribution in [0.2, 0.25) is 5.02 Å². The minimum Gasteiger partial charge on any atom is -0.474 e. The van der Waals surface area contributed by atoms with Crippen LogP contribution in [0.3, 0.4) is 0 Å². The van der Waals surface area contributed by atoms with Crippen LogP contribution in [-0.4, -0.2) is 12.0 Å². The maximum Gasteiger partial charge on any atom is 0.263 e. The summed E-state index contributed by atoms with van der Waals surface area (Å²) < 4.78 is 33.2. The largest absolute Gasteiger partial charge is 0.474 e. The highest BCUT2D eigenvalue weighted by molar-refractivity contribution is 6.32. The average molecular weight is 361 g/mol. The Balaban J connectivity index is 2.08. The van der Waals surface area contributed by atoms with Crippen molar-refractivity contribution in [3.05, 3.63) is 64.7 Å². The SMILES string of the molecule is C=C1c2cc(F)ccc2C(=O)N1c1cc(OC(C)C#N)c(Cl)cc1F. The molecule has 0 aliphatic carbocycles. The number of carbonyl (C=O) groups excluding carboxylic acids is 1. The van der Waals surface area contributed by atoms with Crippen molar-refractivity contribution in [1.82, 2.24) is 0 Å². The second-order valence-corrected chi connectivity index (χ2v) is 5.81. The molecule has 1 heterocycles. The summed E-state index contributed by atoms with van der Waals surface area (Å²) in [5.41, 5.74) is 0.497. The molecule has 25 heavy (non-hydrogen) atoms. The van der Waals surface area contributed by atoms with Crippen molar-refractivity contribution >= 4 is 28.9 Å². The predicted octanol–water partition coefficient (Wildman–Crippen LogP) is 4.54. The van der Waals surface area contributed by atoms with Crippen molar-refractivity contribution in [3.63, 3.8) is 0 Å². The Morgan fingerprint density at radius 2 is 2.00 bits per heavy atom. The fraction of sp³-hybridized carbons (Fsp3) is 0.111. The number of hydrogen-bond acceptors (Lipinski definition) is 3. The Morgan fingerprint density at radius 1 is 1.28 bits per heavy atom. The van der Waals surface area contributed by atoms with Gasteiger partial charge in [-0.1, -0.05) is 18.2 Å². The summed E-state index contributed by atoms with van der Waals surface area (Å²) in [6.07, 6.45) is -0.820. The third kappa shape index (κ3) is 2.83. The summed E-state index contributed by atoms with van der Waals surface area (Å²) in [4.78, 5) is 13.6. The first-order valence-electron chi connectivity index (χ1n) is 7.22. The molecule has 4 nitrogen and oxygen atoms in total. The van der Waals surface area contributed by atoms with E-state index >= 15 is 0 Å². The number of hydrogen-bond donors (Lipinski definition) is 0. The maximum atomic E-state index is 14.4. The van der Waals surface area contributed by atoms with E-state index in [2.05, 4.69) is 6.58 Å². The van der Waals surface area contributed by atoms with Crippen LogP contribution in [0.5, 0.6) is 5.75 Å². The number of nitrogens with zero attached hydrogens (tertiary/aromatic N) is 2. The Morgan fingerprint density at radius 3 is 2.68 bits per heavy atom. The lowest BCUT2D eigenvalue weighted by atomic mass is 10.1. The molecule has 1 amide bonds. The van der Waals surface area contributed by atoms with E-state index in [0.29, 0.717) is 0 Å². The van der Waals surface area contributed by atoms with Gasteiger partial charge in [0.15, 0.2) is 6.10 Å². The van der Waals surface area contributed by atoms with Gasteiger partial charge in [0.1, 0.15) is 23.5 Å². The average Bonchev–Trinajstić information content (AvgIpc) is 2.81. The van der Waals surface area contributed by atoms with E-state index in [9.17, 15) is 13.6 Å².